The van der Waals surface area contributed by atoms with Crippen molar-refractivity contribution in [3.63, 3.8) is 0 Å². The Morgan fingerprint density at radius 2 is 1.83 bits per heavy atom. The highest BCUT2D eigenvalue weighted by Gasteiger charge is 2.15. The molecule has 5 rings (SSSR count). The number of benzene rings is 3. The molecule has 0 aliphatic carbocycles. The second-order valence-electron chi connectivity index (χ2n) is 8.53. The number of esters is 1. The van der Waals surface area contributed by atoms with Gasteiger partial charge in [0.25, 0.3) is 11.2 Å². The first-order valence-electron chi connectivity index (χ1n) is 12.4. The molecule has 0 aliphatic heterocycles. The number of fused-ring (bicyclic) bond motifs is 1. The molecular weight excluding hydrogens is 528 g/mol. The molecule has 41 heavy (non-hydrogen) atoms. The van der Waals surface area contributed by atoms with E-state index in [2.05, 4.69) is 10.1 Å². The van der Waals surface area contributed by atoms with Gasteiger partial charge in [-0.15, -0.1) is 0 Å². The van der Waals surface area contributed by atoms with Crippen molar-refractivity contribution in [2.75, 3.05) is 6.61 Å². The lowest BCUT2D eigenvalue weighted by molar-refractivity contribution is -0.384. The molecule has 0 radical (unpaired) electrons. The van der Waals surface area contributed by atoms with Gasteiger partial charge in [0.15, 0.2) is 17.3 Å². The lowest BCUT2D eigenvalue weighted by Crippen LogP contribution is -2.20. The van der Waals surface area contributed by atoms with E-state index in [1.165, 1.54) is 53.6 Å². The van der Waals surface area contributed by atoms with Crippen LogP contribution in [0, 0.1) is 10.1 Å². The van der Waals surface area contributed by atoms with E-state index in [1.54, 1.807) is 61.5 Å². The van der Waals surface area contributed by atoms with E-state index < -0.39 is 10.9 Å². The van der Waals surface area contributed by atoms with Gasteiger partial charge in [0.1, 0.15) is 0 Å². The minimum Gasteiger partial charge on any atom is -0.490 e. The molecule has 0 fully saturated rings. The molecule has 0 aliphatic rings. The average molecular weight is 551 g/mol. The molecule has 5 aromatic rings. The van der Waals surface area contributed by atoms with E-state index in [-0.39, 0.29) is 22.8 Å². The average Bonchev–Trinajstić information content (AvgIpc) is 3.52. The van der Waals surface area contributed by atoms with Crippen molar-refractivity contribution >= 4 is 34.9 Å². The molecule has 3 aromatic carbocycles. The molecule has 11 heteroatoms. The quantitative estimate of drug-likeness (QED) is 0.0588. The number of para-hydroxylation sites is 1. The summed E-state index contributed by atoms with van der Waals surface area (Å²) in [5, 5.41) is 15.6. The van der Waals surface area contributed by atoms with Gasteiger partial charge >= 0.3 is 5.97 Å². The number of carbonyl (C=O) groups is 1. The van der Waals surface area contributed by atoms with Crippen LogP contribution in [0.3, 0.4) is 0 Å². The van der Waals surface area contributed by atoms with Crippen LogP contribution in [0.15, 0.2) is 106 Å². The Balaban J connectivity index is 1.40. The Hall–Kier alpha value is -5.84. The van der Waals surface area contributed by atoms with Crippen LogP contribution in [0.5, 0.6) is 11.5 Å². The van der Waals surface area contributed by atoms with E-state index >= 15 is 0 Å². The van der Waals surface area contributed by atoms with Crippen LogP contribution in [0.1, 0.15) is 18.1 Å². The Morgan fingerprint density at radius 1 is 1.05 bits per heavy atom. The number of nitro groups is 1. The Kier molecular flexibility index (Phi) is 7.77. The lowest BCUT2D eigenvalue weighted by atomic mass is 10.2. The molecule has 0 bridgehead atoms. The van der Waals surface area contributed by atoms with Gasteiger partial charge in [0, 0.05) is 18.2 Å². The molecule has 204 valence electrons. The zero-order chi connectivity index (χ0) is 28.8. The second-order valence-corrected chi connectivity index (χ2v) is 8.53. The molecular formula is C30H22N4O7. The van der Waals surface area contributed by atoms with Crippen LogP contribution in [0.25, 0.3) is 28.6 Å². The highest BCUT2D eigenvalue weighted by molar-refractivity contribution is 5.89. The SMILES string of the molecule is CCOc1cc(C=Nn2c(-c3ccco3)nc3ccccc3c2=O)ccc1OC(=O)/C=C/c1ccc([N+](=O)[O-])cc1. The highest BCUT2D eigenvalue weighted by atomic mass is 16.6. The van der Waals surface area contributed by atoms with Crippen LogP contribution in [0.4, 0.5) is 5.69 Å². The third-order valence-corrected chi connectivity index (χ3v) is 5.81. The number of carbonyl (C=O) groups excluding carboxylic acids is 1. The maximum absolute atomic E-state index is 13.3. The summed E-state index contributed by atoms with van der Waals surface area (Å²) >= 11 is 0. The third kappa shape index (κ3) is 6.09. The topological polar surface area (TPSA) is 139 Å². The Bertz CT molecular complexity index is 1840. The molecule has 0 saturated carbocycles. The maximum atomic E-state index is 13.3. The molecule has 2 heterocycles. The lowest BCUT2D eigenvalue weighted by Gasteiger charge is -2.11. The van der Waals surface area contributed by atoms with Gasteiger partial charge in [0.05, 0.1) is 34.9 Å². The number of hydrogen-bond donors (Lipinski definition) is 0. The number of aromatic nitrogens is 2. The summed E-state index contributed by atoms with van der Waals surface area (Å²) in [4.78, 5) is 40.6. The van der Waals surface area contributed by atoms with Crippen molar-refractivity contribution in [2.24, 2.45) is 5.10 Å². The Labute approximate surface area is 232 Å². The first-order chi connectivity index (χ1) is 19.9. The van der Waals surface area contributed by atoms with Gasteiger partial charge < -0.3 is 13.9 Å². The molecule has 2 aromatic heterocycles. The minimum atomic E-state index is -0.664. The van der Waals surface area contributed by atoms with Crippen molar-refractivity contribution in [1.29, 1.82) is 0 Å². The van der Waals surface area contributed by atoms with Crippen molar-refractivity contribution in [2.45, 2.75) is 6.92 Å². The number of furan rings is 1. The van der Waals surface area contributed by atoms with E-state index in [0.29, 0.717) is 40.1 Å². The second kappa shape index (κ2) is 11.9. The monoisotopic (exact) mass is 550 g/mol. The predicted octanol–water partition coefficient (Wildman–Crippen LogP) is 5.46. The molecule has 0 amide bonds. The fourth-order valence-electron chi connectivity index (χ4n) is 3.89. The summed E-state index contributed by atoms with van der Waals surface area (Å²) in [6.45, 7) is 2.09. The van der Waals surface area contributed by atoms with Crippen LogP contribution < -0.4 is 15.0 Å². The molecule has 0 saturated heterocycles. The highest BCUT2D eigenvalue weighted by Crippen LogP contribution is 2.28. The number of rotatable bonds is 9. The van der Waals surface area contributed by atoms with E-state index in [1.807, 2.05) is 0 Å². The fraction of sp³-hybridized carbons (Fsp3) is 0.0667. The predicted molar refractivity (Wildman–Crippen MR) is 152 cm³/mol. The normalized spacial score (nSPS) is 11.3. The first-order valence-corrected chi connectivity index (χ1v) is 12.4. The van der Waals surface area contributed by atoms with Gasteiger partial charge in [-0.2, -0.15) is 9.78 Å². The van der Waals surface area contributed by atoms with E-state index in [4.69, 9.17) is 13.9 Å². The van der Waals surface area contributed by atoms with Gasteiger partial charge in [0.2, 0.25) is 5.82 Å². The largest absolute Gasteiger partial charge is 0.490 e. The number of non-ortho nitro benzene ring substituents is 1. The van der Waals surface area contributed by atoms with E-state index in [9.17, 15) is 19.7 Å². The standard InChI is InChI=1S/C30H22N4O7/c1-2-39-27-18-21(11-15-25(27)41-28(35)16-12-20-9-13-22(14-10-20)34(37)38)19-31-33-29(26-8-5-17-40-26)32-24-7-4-3-6-23(24)30(33)36/h3-19H,2H2,1H3/b16-12+,31-19?. The van der Waals surface area contributed by atoms with Gasteiger partial charge in [-0.3, -0.25) is 14.9 Å². The Morgan fingerprint density at radius 3 is 2.56 bits per heavy atom. The summed E-state index contributed by atoms with van der Waals surface area (Å²) in [6, 6.07) is 20.9. The minimum absolute atomic E-state index is 0.0475. The fourth-order valence-corrected chi connectivity index (χ4v) is 3.89. The van der Waals surface area contributed by atoms with Crippen molar-refractivity contribution in [3.8, 4) is 23.1 Å². The van der Waals surface area contributed by atoms with Crippen LogP contribution in [-0.4, -0.2) is 33.4 Å². The number of hydrogen-bond acceptors (Lipinski definition) is 9. The van der Waals surface area contributed by atoms with Gasteiger partial charge in [-0.25, -0.2) is 9.78 Å². The van der Waals surface area contributed by atoms with Crippen LogP contribution >= 0.6 is 0 Å². The summed E-state index contributed by atoms with van der Waals surface area (Å²) in [6.07, 6.45) is 5.65. The van der Waals surface area contributed by atoms with Crippen molar-refractivity contribution in [1.82, 2.24) is 9.66 Å². The molecule has 11 nitrogen and oxygen atoms in total. The maximum Gasteiger partial charge on any atom is 0.336 e. The first kappa shape index (κ1) is 26.8. The van der Waals surface area contributed by atoms with Gasteiger partial charge in [-0.1, -0.05) is 12.1 Å². The molecule has 0 unspecified atom stereocenters. The molecule has 0 N–H and O–H groups in total. The van der Waals surface area contributed by atoms with E-state index in [0.717, 1.165) is 0 Å². The van der Waals surface area contributed by atoms with Crippen molar-refractivity contribution < 1.29 is 23.6 Å². The summed E-state index contributed by atoms with van der Waals surface area (Å²) in [7, 11) is 0. The molecule has 0 spiro atoms. The number of nitrogens with zero attached hydrogens (tertiary/aromatic N) is 4. The zero-order valence-electron chi connectivity index (χ0n) is 21.7. The van der Waals surface area contributed by atoms with Crippen molar-refractivity contribution in [3.05, 3.63) is 123 Å². The van der Waals surface area contributed by atoms with Gasteiger partial charge in [-0.05, 0) is 78.7 Å². The smallest absolute Gasteiger partial charge is 0.336 e. The van der Waals surface area contributed by atoms with Crippen LogP contribution in [0.2, 0.25) is 0 Å². The number of ether oxygens (including phenoxy) is 2. The molecule has 0 atom stereocenters. The summed E-state index contributed by atoms with van der Waals surface area (Å²) in [5.41, 5.74) is 1.27. The number of nitro benzene ring substituents is 1. The van der Waals surface area contributed by atoms with Crippen LogP contribution in [-0.2, 0) is 4.79 Å². The zero-order valence-corrected chi connectivity index (χ0v) is 21.7. The third-order valence-electron chi connectivity index (χ3n) is 5.81. The summed E-state index contributed by atoms with van der Waals surface area (Å²) < 4.78 is 17.8. The summed E-state index contributed by atoms with van der Waals surface area (Å²) in [5.74, 6) is 0.434.